The molecule has 31 heavy (non-hydrogen) atoms. The summed E-state index contributed by atoms with van der Waals surface area (Å²) in [5.41, 5.74) is -0.293. The first-order valence-corrected chi connectivity index (χ1v) is 11.7. The van der Waals surface area contributed by atoms with E-state index >= 15 is 0 Å². The lowest BCUT2D eigenvalue weighted by Gasteiger charge is -2.46. The highest BCUT2D eigenvalue weighted by molar-refractivity contribution is 7.88. The van der Waals surface area contributed by atoms with E-state index in [0.717, 1.165) is 16.1 Å². The zero-order valence-electron chi connectivity index (χ0n) is 17.5. The molecule has 1 aliphatic rings. The summed E-state index contributed by atoms with van der Waals surface area (Å²) in [5.74, 6) is -0.610. The van der Waals surface area contributed by atoms with Crippen LogP contribution in [-0.4, -0.2) is 56.5 Å². The van der Waals surface area contributed by atoms with Crippen LogP contribution in [0.15, 0.2) is 48.5 Å². The van der Waals surface area contributed by atoms with Crippen molar-refractivity contribution < 1.29 is 22.7 Å². The number of piperazine rings is 1. The fraction of sp³-hybridized carbons (Fsp3) is 0.333. The number of anilines is 1. The average Bonchev–Trinajstić information content (AvgIpc) is 2.72. The van der Waals surface area contributed by atoms with Gasteiger partial charge < -0.3 is 10.1 Å². The van der Waals surface area contributed by atoms with Crippen molar-refractivity contribution in [2.24, 2.45) is 0 Å². The summed E-state index contributed by atoms with van der Waals surface area (Å²) >= 11 is 5.90. The zero-order chi connectivity index (χ0) is 22.8. The Morgan fingerprint density at radius 3 is 2.45 bits per heavy atom. The third-order valence-electron chi connectivity index (χ3n) is 5.19. The Bertz CT molecular complexity index is 1090. The SMILES string of the molecule is COc1ccccc1N1C(=O)CN(S(C)(=O)=O)C[C@]1(C)C(=O)NCc1ccc(Cl)cc1. The van der Waals surface area contributed by atoms with Crippen LogP contribution < -0.4 is 15.0 Å². The molecule has 2 amide bonds. The number of hydrogen-bond donors (Lipinski definition) is 1. The van der Waals surface area contributed by atoms with Gasteiger partial charge in [0.25, 0.3) is 0 Å². The van der Waals surface area contributed by atoms with Crippen LogP contribution in [0.2, 0.25) is 5.02 Å². The zero-order valence-corrected chi connectivity index (χ0v) is 19.0. The number of carbonyl (C=O) groups excluding carboxylic acids is 2. The molecule has 0 radical (unpaired) electrons. The van der Waals surface area contributed by atoms with Gasteiger partial charge in [-0.15, -0.1) is 0 Å². The molecule has 0 bridgehead atoms. The number of sulfonamides is 1. The van der Waals surface area contributed by atoms with Crippen LogP contribution in [0.1, 0.15) is 12.5 Å². The molecule has 8 nitrogen and oxygen atoms in total. The largest absolute Gasteiger partial charge is 0.495 e. The van der Waals surface area contributed by atoms with Gasteiger partial charge >= 0.3 is 0 Å². The topological polar surface area (TPSA) is 96.0 Å². The minimum absolute atomic E-state index is 0.192. The smallest absolute Gasteiger partial charge is 0.247 e. The molecule has 1 saturated heterocycles. The number of halogens is 1. The van der Waals surface area contributed by atoms with Crippen LogP contribution in [0.25, 0.3) is 0 Å². The molecule has 1 aliphatic heterocycles. The maximum absolute atomic E-state index is 13.4. The van der Waals surface area contributed by atoms with Gasteiger partial charge in [-0.05, 0) is 36.8 Å². The van der Waals surface area contributed by atoms with E-state index in [1.165, 1.54) is 12.0 Å². The van der Waals surface area contributed by atoms with Crippen LogP contribution in [0.3, 0.4) is 0 Å². The van der Waals surface area contributed by atoms with E-state index in [0.29, 0.717) is 16.5 Å². The molecule has 0 spiro atoms. The first kappa shape index (κ1) is 23.1. The monoisotopic (exact) mass is 465 g/mol. The first-order valence-electron chi connectivity index (χ1n) is 9.50. The van der Waals surface area contributed by atoms with Crippen molar-refractivity contribution in [3.63, 3.8) is 0 Å². The Morgan fingerprint density at radius 2 is 1.84 bits per heavy atom. The number of nitrogens with zero attached hydrogens (tertiary/aromatic N) is 2. The summed E-state index contributed by atoms with van der Waals surface area (Å²) in [6, 6.07) is 13.8. The van der Waals surface area contributed by atoms with Crippen molar-refractivity contribution in [2.45, 2.75) is 19.0 Å². The first-order chi connectivity index (χ1) is 14.6. The van der Waals surface area contributed by atoms with Gasteiger partial charge in [0.1, 0.15) is 11.3 Å². The minimum Gasteiger partial charge on any atom is -0.495 e. The number of amides is 2. The number of para-hydroxylation sites is 2. The van der Waals surface area contributed by atoms with Crippen LogP contribution >= 0.6 is 11.6 Å². The molecule has 0 unspecified atom stereocenters. The van der Waals surface area contributed by atoms with Gasteiger partial charge in [0.2, 0.25) is 21.8 Å². The second kappa shape index (κ2) is 8.86. The Labute approximate surface area is 186 Å². The van der Waals surface area contributed by atoms with Gasteiger partial charge in [-0.2, -0.15) is 4.31 Å². The highest BCUT2D eigenvalue weighted by atomic mass is 35.5. The summed E-state index contributed by atoms with van der Waals surface area (Å²) in [7, 11) is -2.23. The van der Waals surface area contributed by atoms with Crippen LogP contribution in [0, 0.1) is 0 Å². The summed E-state index contributed by atoms with van der Waals surface area (Å²) in [6.45, 7) is 1.18. The lowest BCUT2D eigenvalue weighted by atomic mass is 9.94. The highest BCUT2D eigenvalue weighted by Gasteiger charge is 2.50. The standard InChI is InChI=1S/C21H24ClN3O5S/c1-21(20(27)23-12-15-8-10-16(22)11-9-15)14-24(31(3,28)29)13-19(26)25(21)17-6-4-5-7-18(17)30-2/h4-11H,12-14H2,1-3H3,(H,23,27)/t21-/m1/s1. The Balaban J connectivity index is 1.98. The molecule has 0 aliphatic carbocycles. The number of benzene rings is 2. The number of ether oxygens (including phenoxy) is 1. The predicted octanol–water partition coefficient (Wildman–Crippen LogP) is 2.03. The van der Waals surface area contributed by atoms with E-state index in [2.05, 4.69) is 5.32 Å². The number of rotatable bonds is 6. The fourth-order valence-electron chi connectivity index (χ4n) is 3.56. The van der Waals surface area contributed by atoms with E-state index < -0.39 is 27.4 Å². The van der Waals surface area contributed by atoms with E-state index in [-0.39, 0.29) is 19.6 Å². The number of methoxy groups -OCH3 is 1. The minimum atomic E-state index is -3.70. The molecule has 2 aromatic carbocycles. The van der Waals surface area contributed by atoms with Crippen LogP contribution in [-0.2, 0) is 26.2 Å². The highest BCUT2D eigenvalue weighted by Crippen LogP contribution is 2.36. The van der Waals surface area contributed by atoms with Gasteiger partial charge in [-0.3, -0.25) is 14.5 Å². The van der Waals surface area contributed by atoms with Crippen LogP contribution in [0.5, 0.6) is 5.75 Å². The quantitative estimate of drug-likeness (QED) is 0.704. The normalized spacial score (nSPS) is 19.9. The van der Waals surface area contributed by atoms with Crippen molar-refractivity contribution >= 4 is 39.1 Å². The third kappa shape index (κ3) is 4.84. The van der Waals surface area contributed by atoms with Crippen molar-refractivity contribution in [3.8, 4) is 5.75 Å². The van der Waals surface area contributed by atoms with E-state index in [1.807, 2.05) is 0 Å². The molecule has 0 aromatic heterocycles. The van der Waals surface area contributed by atoms with E-state index in [1.54, 1.807) is 55.5 Å². The molecule has 2 aromatic rings. The predicted molar refractivity (Wildman–Crippen MR) is 119 cm³/mol. The van der Waals surface area contributed by atoms with Gasteiger partial charge in [0.15, 0.2) is 0 Å². The van der Waals surface area contributed by atoms with Gasteiger partial charge in [-0.1, -0.05) is 35.9 Å². The van der Waals surface area contributed by atoms with Crippen molar-refractivity contribution in [3.05, 3.63) is 59.1 Å². The second-order valence-corrected chi connectivity index (χ2v) is 9.93. The molecule has 3 rings (SSSR count). The second-order valence-electron chi connectivity index (χ2n) is 7.52. The Kier molecular flexibility index (Phi) is 6.59. The molecule has 1 N–H and O–H groups in total. The Morgan fingerprint density at radius 1 is 1.19 bits per heavy atom. The average molecular weight is 466 g/mol. The molecule has 1 fully saturated rings. The molecule has 166 valence electrons. The summed E-state index contributed by atoms with van der Waals surface area (Å²) in [6.07, 6.45) is 1.02. The molecular weight excluding hydrogens is 442 g/mol. The maximum Gasteiger partial charge on any atom is 0.247 e. The fourth-order valence-corrected chi connectivity index (χ4v) is 4.52. The third-order valence-corrected chi connectivity index (χ3v) is 6.64. The van der Waals surface area contributed by atoms with Crippen molar-refractivity contribution in [1.82, 2.24) is 9.62 Å². The van der Waals surface area contributed by atoms with Gasteiger partial charge in [0.05, 0.1) is 25.6 Å². The molecule has 10 heteroatoms. The summed E-state index contributed by atoms with van der Waals surface area (Å²) < 4.78 is 30.8. The lowest BCUT2D eigenvalue weighted by molar-refractivity contribution is -0.133. The molecule has 1 atom stereocenters. The molecule has 1 heterocycles. The number of hydrogen-bond acceptors (Lipinski definition) is 5. The number of nitrogens with one attached hydrogen (secondary N) is 1. The van der Waals surface area contributed by atoms with E-state index in [9.17, 15) is 18.0 Å². The molecule has 0 saturated carbocycles. The van der Waals surface area contributed by atoms with E-state index in [4.69, 9.17) is 16.3 Å². The van der Waals surface area contributed by atoms with Crippen molar-refractivity contribution in [2.75, 3.05) is 31.4 Å². The summed E-state index contributed by atoms with van der Waals surface area (Å²) in [4.78, 5) is 27.8. The van der Waals surface area contributed by atoms with Crippen LogP contribution in [0.4, 0.5) is 5.69 Å². The number of carbonyl (C=O) groups is 2. The van der Waals surface area contributed by atoms with Gasteiger partial charge in [0, 0.05) is 18.1 Å². The lowest BCUT2D eigenvalue weighted by Crippen LogP contribution is -2.70. The Hall–Kier alpha value is -2.62. The van der Waals surface area contributed by atoms with Crippen molar-refractivity contribution in [1.29, 1.82) is 0 Å². The van der Waals surface area contributed by atoms with Gasteiger partial charge in [-0.25, -0.2) is 8.42 Å². The molecular formula is C21H24ClN3O5S. The summed E-state index contributed by atoms with van der Waals surface area (Å²) in [5, 5.41) is 3.40. The maximum atomic E-state index is 13.4.